The Morgan fingerprint density at radius 1 is 1.09 bits per heavy atom. The number of benzene rings is 3. The van der Waals surface area contributed by atoms with Crippen LogP contribution in [0.3, 0.4) is 0 Å². The van der Waals surface area contributed by atoms with Crippen molar-refractivity contribution in [1.82, 2.24) is 19.7 Å². The van der Waals surface area contributed by atoms with Crippen LogP contribution in [-0.4, -0.2) is 24.9 Å². The minimum atomic E-state index is -0.623. The van der Waals surface area contributed by atoms with Gasteiger partial charge in [0.15, 0.2) is 11.6 Å². The van der Waals surface area contributed by atoms with Gasteiger partial charge in [-0.25, -0.2) is 14.4 Å². The Bertz CT molecular complexity index is 1530. The summed E-state index contributed by atoms with van der Waals surface area (Å²) in [5.41, 5.74) is 8.94. The molecule has 5 aromatic rings. The Kier molecular flexibility index (Phi) is 5.78. The number of aromatic hydroxyl groups is 1. The molecule has 0 amide bonds. The summed E-state index contributed by atoms with van der Waals surface area (Å²) in [5.74, 6) is 1.21. The van der Waals surface area contributed by atoms with Crippen LogP contribution in [0.1, 0.15) is 29.9 Å². The number of phenolic OH excluding ortho intramolecular Hbond substituents is 1. The molecule has 0 saturated carbocycles. The molecule has 35 heavy (non-hydrogen) atoms. The quantitative estimate of drug-likeness (QED) is 0.316. The number of halogens is 1. The lowest BCUT2D eigenvalue weighted by molar-refractivity contribution is 0.475. The fourth-order valence-electron chi connectivity index (χ4n) is 4.19. The van der Waals surface area contributed by atoms with Gasteiger partial charge in [0.2, 0.25) is 0 Å². The first kappa shape index (κ1) is 22.3. The van der Waals surface area contributed by atoms with Crippen molar-refractivity contribution in [2.75, 3.05) is 11.1 Å². The second kappa shape index (κ2) is 9.06. The van der Waals surface area contributed by atoms with Gasteiger partial charge in [0.25, 0.3) is 0 Å². The summed E-state index contributed by atoms with van der Waals surface area (Å²) in [6, 6.07) is 18.9. The molecule has 0 bridgehead atoms. The van der Waals surface area contributed by atoms with Gasteiger partial charge in [-0.05, 0) is 59.8 Å². The smallest absolute Gasteiger partial charge is 0.181 e. The second-order valence-corrected chi connectivity index (χ2v) is 8.39. The number of phenols is 1. The van der Waals surface area contributed by atoms with Crippen molar-refractivity contribution in [3.05, 3.63) is 95.7 Å². The third-order valence-corrected chi connectivity index (χ3v) is 6.05. The van der Waals surface area contributed by atoms with Crippen molar-refractivity contribution >= 4 is 22.3 Å². The summed E-state index contributed by atoms with van der Waals surface area (Å²) < 4.78 is 16.8. The van der Waals surface area contributed by atoms with Gasteiger partial charge in [-0.1, -0.05) is 31.2 Å². The highest BCUT2D eigenvalue weighted by atomic mass is 19.1. The number of nitrogens with zero attached hydrogens (tertiary/aromatic N) is 4. The highest BCUT2D eigenvalue weighted by Crippen LogP contribution is 2.32. The van der Waals surface area contributed by atoms with Crippen molar-refractivity contribution in [2.45, 2.75) is 19.4 Å². The number of aryl methyl sites for hydroxylation is 2. The molecule has 5 rings (SSSR count). The van der Waals surface area contributed by atoms with E-state index in [2.05, 4.69) is 15.4 Å². The molecule has 0 aliphatic rings. The Balaban J connectivity index is 1.63. The zero-order valence-electron chi connectivity index (χ0n) is 19.4. The standard InChI is InChI=1S/C27H25FN6O/c1-3-16-7-10-23(28)22(13-16)24(31-19-8-9-21-17(14-19)11-12-30-25(21)29)27-32-26(33-34(27)2)18-5-4-6-20(35)15-18/h4-15,24,31,35H,3H2,1-2H3,(H2,29,30). The number of rotatable bonds is 6. The summed E-state index contributed by atoms with van der Waals surface area (Å²) in [7, 11) is 1.78. The van der Waals surface area contributed by atoms with Crippen molar-refractivity contribution < 1.29 is 9.50 Å². The number of nitrogens with two attached hydrogens (primary N) is 1. The largest absolute Gasteiger partial charge is 0.508 e. The fraction of sp³-hybridized carbons (Fsp3) is 0.148. The van der Waals surface area contributed by atoms with Crippen molar-refractivity contribution in [1.29, 1.82) is 0 Å². The Hall–Kier alpha value is -4.46. The summed E-state index contributed by atoms with van der Waals surface area (Å²) >= 11 is 0. The Morgan fingerprint density at radius 3 is 2.74 bits per heavy atom. The first-order chi connectivity index (χ1) is 16.9. The topological polar surface area (TPSA) is 102 Å². The van der Waals surface area contributed by atoms with Gasteiger partial charge in [0, 0.05) is 35.4 Å². The number of nitrogens with one attached hydrogen (secondary N) is 1. The number of aromatic nitrogens is 4. The zero-order valence-corrected chi connectivity index (χ0v) is 19.4. The Labute approximate surface area is 202 Å². The third-order valence-electron chi connectivity index (χ3n) is 6.05. The van der Waals surface area contributed by atoms with E-state index >= 15 is 4.39 Å². The average Bonchev–Trinajstić information content (AvgIpc) is 3.24. The number of nitrogen functional groups attached to an aromatic ring is 1. The number of hydrogen-bond acceptors (Lipinski definition) is 6. The molecule has 1 atom stereocenters. The molecule has 3 aromatic carbocycles. The number of pyridine rings is 1. The van der Waals surface area contributed by atoms with E-state index in [9.17, 15) is 5.11 Å². The molecular weight excluding hydrogens is 443 g/mol. The minimum Gasteiger partial charge on any atom is -0.508 e. The van der Waals surface area contributed by atoms with Crippen molar-refractivity contribution in [3.8, 4) is 17.1 Å². The molecule has 0 aliphatic carbocycles. The van der Waals surface area contributed by atoms with Gasteiger partial charge in [0.05, 0.1) is 0 Å². The molecule has 0 saturated heterocycles. The highest BCUT2D eigenvalue weighted by Gasteiger charge is 2.25. The fourth-order valence-corrected chi connectivity index (χ4v) is 4.19. The van der Waals surface area contributed by atoms with Gasteiger partial charge in [-0.3, -0.25) is 4.68 Å². The van der Waals surface area contributed by atoms with Crippen LogP contribution in [0, 0.1) is 5.82 Å². The molecular formula is C27H25FN6O. The van der Waals surface area contributed by atoms with Crippen LogP contribution in [0.25, 0.3) is 22.2 Å². The maximum Gasteiger partial charge on any atom is 0.181 e. The van der Waals surface area contributed by atoms with E-state index in [1.807, 2.05) is 43.3 Å². The summed E-state index contributed by atoms with van der Waals surface area (Å²) in [5, 5.41) is 19.7. The van der Waals surface area contributed by atoms with Crippen molar-refractivity contribution in [3.63, 3.8) is 0 Å². The van der Waals surface area contributed by atoms with Crippen LogP contribution in [-0.2, 0) is 13.5 Å². The van der Waals surface area contributed by atoms with Gasteiger partial charge in [-0.2, -0.15) is 5.10 Å². The molecule has 2 heterocycles. The predicted octanol–water partition coefficient (Wildman–Crippen LogP) is 5.22. The van der Waals surface area contributed by atoms with Crippen molar-refractivity contribution in [2.24, 2.45) is 7.05 Å². The van der Waals surface area contributed by atoms with E-state index in [1.54, 1.807) is 42.2 Å². The molecule has 8 heteroatoms. The van der Waals surface area contributed by atoms with Crippen LogP contribution in [0.4, 0.5) is 15.9 Å². The summed E-state index contributed by atoms with van der Waals surface area (Å²) in [6.07, 6.45) is 2.43. The van der Waals surface area contributed by atoms with Crippen LogP contribution in [0.2, 0.25) is 0 Å². The number of fused-ring (bicyclic) bond motifs is 1. The van der Waals surface area contributed by atoms with Crippen LogP contribution in [0.15, 0.2) is 72.9 Å². The predicted molar refractivity (Wildman–Crippen MR) is 136 cm³/mol. The van der Waals surface area contributed by atoms with Gasteiger partial charge >= 0.3 is 0 Å². The molecule has 4 N–H and O–H groups in total. The molecule has 0 aliphatic heterocycles. The average molecular weight is 469 g/mol. The van der Waals surface area contributed by atoms with E-state index in [4.69, 9.17) is 10.7 Å². The maximum absolute atomic E-state index is 15.2. The third kappa shape index (κ3) is 4.38. The van der Waals surface area contributed by atoms with Crippen LogP contribution in [0.5, 0.6) is 5.75 Å². The molecule has 2 aromatic heterocycles. The monoisotopic (exact) mass is 468 g/mol. The highest BCUT2D eigenvalue weighted by molar-refractivity contribution is 5.92. The Morgan fingerprint density at radius 2 is 1.94 bits per heavy atom. The molecule has 0 fully saturated rings. The molecule has 0 radical (unpaired) electrons. The van der Waals surface area contributed by atoms with E-state index in [-0.39, 0.29) is 11.6 Å². The lowest BCUT2D eigenvalue weighted by Crippen LogP contribution is -2.19. The lowest BCUT2D eigenvalue weighted by atomic mass is 10.0. The second-order valence-electron chi connectivity index (χ2n) is 8.39. The minimum absolute atomic E-state index is 0.123. The molecule has 7 nitrogen and oxygen atoms in total. The number of hydrogen-bond donors (Lipinski definition) is 3. The first-order valence-electron chi connectivity index (χ1n) is 11.3. The first-order valence-corrected chi connectivity index (χ1v) is 11.3. The van der Waals surface area contributed by atoms with E-state index in [0.717, 1.165) is 28.4 Å². The molecule has 1 unspecified atom stereocenters. The van der Waals surface area contributed by atoms with E-state index < -0.39 is 6.04 Å². The summed E-state index contributed by atoms with van der Waals surface area (Å²) in [4.78, 5) is 8.89. The zero-order chi connectivity index (χ0) is 24.5. The van der Waals surface area contributed by atoms with Gasteiger partial charge in [0.1, 0.15) is 23.4 Å². The molecule has 176 valence electrons. The van der Waals surface area contributed by atoms with Crippen LogP contribution >= 0.6 is 0 Å². The summed E-state index contributed by atoms with van der Waals surface area (Å²) in [6.45, 7) is 2.03. The van der Waals surface area contributed by atoms with E-state index in [0.29, 0.717) is 28.6 Å². The lowest BCUT2D eigenvalue weighted by Gasteiger charge is -2.21. The van der Waals surface area contributed by atoms with Gasteiger partial charge in [-0.15, -0.1) is 0 Å². The maximum atomic E-state index is 15.2. The molecule has 0 spiro atoms. The van der Waals surface area contributed by atoms with Gasteiger partial charge < -0.3 is 16.2 Å². The SMILES string of the molecule is CCc1ccc(F)c(C(Nc2ccc3c(N)nccc3c2)c2nc(-c3cccc(O)c3)nn2C)c1. The van der Waals surface area contributed by atoms with Crippen LogP contribution < -0.4 is 11.1 Å². The normalized spacial score (nSPS) is 12.1. The van der Waals surface area contributed by atoms with E-state index in [1.165, 1.54) is 6.07 Å². The number of anilines is 2.